The van der Waals surface area contributed by atoms with Crippen molar-refractivity contribution in [3.8, 4) is 0 Å². The second-order valence-electron chi connectivity index (χ2n) is 11.3. The fourth-order valence-electron chi connectivity index (χ4n) is 4.45. The molecule has 1 saturated heterocycles. The standard InChI is InChI=1S/C21H40O2S.C8H17NO/c1-3-4-5-6-7-8-9-10-11-12-13-14-15-16-17-18-19-23-21(22)20(2)24;1-7(2)5-10-6-8(3,4)9-7/h24H,2-19H2,1H3;9H,5-6H2,1-4H3. The monoisotopic (exact) mass is 499 g/mol. The molecule has 1 aliphatic heterocycles. The third kappa shape index (κ3) is 22.0. The number of esters is 1. The first-order chi connectivity index (χ1) is 16.1. The summed E-state index contributed by atoms with van der Waals surface area (Å²) < 4.78 is 10.4. The topological polar surface area (TPSA) is 47.6 Å². The van der Waals surface area contributed by atoms with Gasteiger partial charge in [-0.1, -0.05) is 110 Å². The van der Waals surface area contributed by atoms with E-state index in [0.29, 0.717) is 6.61 Å². The highest BCUT2D eigenvalue weighted by Gasteiger charge is 2.32. The molecule has 0 bridgehead atoms. The lowest BCUT2D eigenvalue weighted by Crippen LogP contribution is -2.60. The van der Waals surface area contributed by atoms with Gasteiger partial charge >= 0.3 is 5.97 Å². The summed E-state index contributed by atoms with van der Waals surface area (Å²) in [6.07, 6.45) is 21.6. The number of hydrogen-bond acceptors (Lipinski definition) is 5. The molecule has 1 rings (SSSR count). The summed E-state index contributed by atoms with van der Waals surface area (Å²) in [6, 6.07) is 0. The summed E-state index contributed by atoms with van der Waals surface area (Å²) in [5, 5.41) is 3.51. The number of ether oxygens (including phenoxy) is 2. The van der Waals surface area contributed by atoms with Gasteiger partial charge in [-0.25, -0.2) is 4.79 Å². The van der Waals surface area contributed by atoms with Crippen LogP contribution in [0.2, 0.25) is 0 Å². The molecule has 1 N–H and O–H groups in total. The number of morpholine rings is 1. The summed E-state index contributed by atoms with van der Waals surface area (Å²) in [7, 11) is 0. The minimum atomic E-state index is -0.390. The maximum Gasteiger partial charge on any atom is 0.343 e. The smallest absolute Gasteiger partial charge is 0.343 e. The molecule has 1 aliphatic rings. The van der Waals surface area contributed by atoms with Gasteiger partial charge in [-0.05, 0) is 34.1 Å². The largest absolute Gasteiger partial charge is 0.462 e. The predicted molar refractivity (Wildman–Crippen MR) is 151 cm³/mol. The zero-order chi connectivity index (χ0) is 25.7. The quantitative estimate of drug-likeness (QED) is 0.0860. The van der Waals surface area contributed by atoms with Gasteiger partial charge in [0.2, 0.25) is 0 Å². The fraction of sp³-hybridized carbons (Fsp3) is 0.897. The van der Waals surface area contributed by atoms with Crippen molar-refractivity contribution < 1.29 is 14.3 Å². The summed E-state index contributed by atoms with van der Waals surface area (Å²) in [6.45, 7) is 16.5. The summed E-state index contributed by atoms with van der Waals surface area (Å²) in [5.41, 5.74) is 0.281. The second kappa shape index (κ2) is 20.7. The molecule has 202 valence electrons. The lowest BCUT2D eigenvalue weighted by molar-refractivity contribution is -0.138. The van der Waals surface area contributed by atoms with Gasteiger partial charge in [-0.15, -0.1) is 12.6 Å². The van der Waals surface area contributed by atoms with Crippen molar-refractivity contribution in [3.63, 3.8) is 0 Å². The molecular formula is C29H57NO3S. The Hall–Kier alpha value is -0.520. The number of rotatable bonds is 18. The maximum atomic E-state index is 11.1. The van der Waals surface area contributed by atoms with Crippen LogP contribution in [0.5, 0.6) is 0 Å². The van der Waals surface area contributed by atoms with E-state index < -0.39 is 0 Å². The van der Waals surface area contributed by atoms with Gasteiger partial charge in [0.25, 0.3) is 0 Å². The van der Waals surface area contributed by atoms with Gasteiger partial charge < -0.3 is 14.8 Å². The molecule has 0 saturated carbocycles. The highest BCUT2D eigenvalue weighted by molar-refractivity contribution is 7.85. The van der Waals surface area contributed by atoms with Crippen molar-refractivity contribution in [2.24, 2.45) is 0 Å². The van der Waals surface area contributed by atoms with Crippen molar-refractivity contribution in [3.05, 3.63) is 11.5 Å². The minimum absolute atomic E-state index is 0.141. The van der Waals surface area contributed by atoms with Crippen LogP contribution in [0.4, 0.5) is 0 Å². The van der Waals surface area contributed by atoms with E-state index in [0.717, 1.165) is 26.1 Å². The van der Waals surface area contributed by atoms with E-state index in [2.05, 4.69) is 59.1 Å². The maximum absolute atomic E-state index is 11.1. The Morgan fingerprint density at radius 1 is 0.765 bits per heavy atom. The summed E-state index contributed by atoms with van der Waals surface area (Å²) >= 11 is 3.86. The number of unbranched alkanes of at least 4 members (excludes halogenated alkanes) is 15. The first kappa shape index (κ1) is 33.5. The van der Waals surface area contributed by atoms with Gasteiger partial charge in [0.1, 0.15) is 0 Å². The van der Waals surface area contributed by atoms with E-state index in [9.17, 15) is 4.79 Å². The molecule has 0 aromatic carbocycles. The minimum Gasteiger partial charge on any atom is -0.462 e. The van der Waals surface area contributed by atoms with Crippen molar-refractivity contribution >= 4 is 18.6 Å². The SMILES string of the molecule is C=C(S)C(=O)OCCCCCCCCCCCCCCCCCC.CC1(C)COCC(C)(C)N1. The number of hydrogen-bond donors (Lipinski definition) is 2. The van der Waals surface area contributed by atoms with Gasteiger partial charge in [-0.3, -0.25) is 0 Å². The Morgan fingerprint density at radius 3 is 1.41 bits per heavy atom. The molecule has 0 aromatic heterocycles. The Kier molecular flexibility index (Phi) is 20.3. The molecule has 0 radical (unpaired) electrons. The highest BCUT2D eigenvalue weighted by Crippen LogP contribution is 2.17. The first-order valence-corrected chi connectivity index (χ1v) is 14.5. The molecule has 0 amide bonds. The van der Waals surface area contributed by atoms with Crippen molar-refractivity contribution in [1.82, 2.24) is 5.32 Å². The van der Waals surface area contributed by atoms with Crippen LogP contribution in [-0.4, -0.2) is 36.9 Å². The first-order valence-electron chi connectivity index (χ1n) is 14.0. The summed E-state index contributed by atoms with van der Waals surface area (Å²) in [4.78, 5) is 11.3. The zero-order valence-corrected chi connectivity index (χ0v) is 24.2. The zero-order valence-electron chi connectivity index (χ0n) is 23.3. The average molecular weight is 500 g/mol. The summed E-state index contributed by atoms with van der Waals surface area (Å²) in [5.74, 6) is -0.390. The predicted octanol–water partition coefficient (Wildman–Crippen LogP) is 8.40. The van der Waals surface area contributed by atoms with Crippen LogP contribution in [0, 0.1) is 0 Å². The van der Waals surface area contributed by atoms with Gasteiger partial charge in [0.15, 0.2) is 0 Å². The molecule has 0 atom stereocenters. The lowest BCUT2D eigenvalue weighted by atomic mass is 9.96. The molecule has 1 heterocycles. The van der Waals surface area contributed by atoms with Crippen LogP contribution < -0.4 is 5.32 Å². The van der Waals surface area contributed by atoms with Crippen LogP contribution >= 0.6 is 12.6 Å². The van der Waals surface area contributed by atoms with Crippen LogP contribution in [0.25, 0.3) is 0 Å². The molecule has 34 heavy (non-hydrogen) atoms. The van der Waals surface area contributed by atoms with Gasteiger partial charge in [0, 0.05) is 11.1 Å². The van der Waals surface area contributed by atoms with E-state index in [1.54, 1.807) is 0 Å². The number of thiol groups is 1. The van der Waals surface area contributed by atoms with E-state index in [-0.39, 0.29) is 22.0 Å². The fourth-order valence-corrected chi connectivity index (χ4v) is 4.51. The Labute approximate surface area is 217 Å². The third-order valence-electron chi connectivity index (χ3n) is 6.07. The van der Waals surface area contributed by atoms with Crippen LogP contribution in [-0.2, 0) is 14.3 Å². The molecule has 5 heteroatoms. The van der Waals surface area contributed by atoms with Crippen molar-refractivity contribution in [2.45, 2.75) is 148 Å². The molecule has 0 spiro atoms. The van der Waals surface area contributed by atoms with Gasteiger partial charge in [-0.2, -0.15) is 0 Å². The Morgan fingerprint density at radius 2 is 1.12 bits per heavy atom. The second-order valence-corrected chi connectivity index (χ2v) is 11.8. The van der Waals surface area contributed by atoms with E-state index >= 15 is 0 Å². The molecular weight excluding hydrogens is 442 g/mol. The number of carbonyl (C=O) groups excluding carboxylic acids is 1. The lowest BCUT2D eigenvalue weighted by Gasteiger charge is -2.42. The molecule has 0 aromatic rings. The average Bonchev–Trinajstić information content (AvgIpc) is 2.74. The van der Waals surface area contributed by atoms with Crippen LogP contribution in [0.1, 0.15) is 137 Å². The van der Waals surface area contributed by atoms with E-state index in [1.165, 1.54) is 89.9 Å². The van der Waals surface area contributed by atoms with Crippen molar-refractivity contribution in [1.29, 1.82) is 0 Å². The highest BCUT2D eigenvalue weighted by atomic mass is 32.1. The molecule has 0 unspecified atom stereocenters. The van der Waals surface area contributed by atoms with E-state index in [1.807, 2.05) is 0 Å². The van der Waals surface area contributed by atoms with Crippen LogP contribution in [0.15, 0.2) is 11.5 Å². The molecule has 0 aliphatic carbocycles. The van der Waals surface area contributed by atoms with Crippen molar-refractivity contribution in [2.75, 3.05) is 19.8 Å². The van der Waals surface area contributed by atoms with Crippen LogP contribution in [0.3, 0.4) is 0 Å². The normalized spacial score (nSPS) is 16.4. The third-order valence-corrected chi connectivity index (χ3v) is 6.25. The molecule has 1 fully saturated rings. The van der Waals surface area contributed by atoms with Gasteiger partial charge in [0.05, 0.1) is 24.7 Å². The Balaban J connectivity index is 0.000000896. The number of carbonyl (C=O) groups is 1. The Bertz CT molecular complexity index is 506. The molecule has 4 nitrogen and oxygen atoms in total. The number of nitrogens with one attached hydrogen (secondary N) is 1. The van der Waals surface area contributed by atoms with E-state index in [4.69, 9.17) is 9.47 Å².